The SMILES string of the molecule is CCCc1ccc(C(OC(c2ccc(CCC)cc2)c2cnc(-c3ccc(C#N)cc3)cn2)c2cnc(-c3ccc(C#N)cc3)cn2)cc1. The maximum absolute atomic E-state index is 9.20. The van der Waals surface area contributed by atoms with Crippen LogP contribution in [0.25, 0.3) is 22.5 Å². The number of benzene rings is 4. The zero-order valence-corrected chi connectivity index (χ0v) is 27.6. The minimum absolute atomic E-state index is 0.557. The zero-order valence-electron chi connectivity index (χ0n) is 27.6. The highest BCUT2D eigenvalue weighted by molar-refractivity contribution is 5.60. The number of rotatable bonds is 12. The number of hydrogen-bond acceptors (Lipinski definition) is 7. The number of nitriles is 2. The van der Waals surface area contributed by atoms with Gasteiger partial charge in [0.1, 0.15) is 12.2 Å². The van der Waals surface area contributed by atoms with E-state index in [0.717, 1.165) is 47.9 Å². The van der Waals surface area contributed by atoms with Gasteiger partial charge in [-0.1, -0.05) is 99.5 Å². The van der Waals surface area contributed by atoms with Crippen molar-refractivity contribution in [3.63, 3.8) is 0 Å². The third kappa shape index (κ3) is 7.93. The molecule has 0 fully saturated rings. The second kappa shape index (κ2) is 15.7. The Labute approximate surface area is 287 Å². The lowest BCUT2D eigenvalue weighted by molar-refractivity contribution is 0.0258. The van der Waals surface area contributed by atoms with E-state index in [1.165, 1.54) is 11.1 Å². The molecule has 49 heavy (non-hydrogen) atoms. The first kappa shape index (κ1) is 32.9. The summed E-state index contributed by atoms with van der Waals surface area (Å²) in [5.74, 6) is 0. The summed E-state index contributed by atoms with van der Waals surface area (Å²) in [7, 11) is 0. The molecular formula is C42H36N6O. The predicted molar refractivity (Wildman–Crippen MR) is 190 cm³/mol. The van der Waals surface area contributed by atoms with Crippen LogP contribution in [0.3, 0.4) is 0 Å². The summed E-state index contributed by atoms with van der Waals surface area (Å²) in [6.45, 7) is 4.35. The molecule has 2 aromatic heterocycles. The lowest BCUT2D eigenvalue weighted by Gasteiger charge is -2.25. The van der Waals surface area contributed by atoms with Crippen molar-refractivity contribution in [3.05, 3.63) is 167 Å². The van der Waals surface area contributed by atoms with E-state index in [0.29, 0.717) is 33.9 Å². The van der Waals surface area contributed by atoms with Crippen molar-refractivity contribution in [3.8, 4) is 34.7 Å². The molecule has 7 heteroatoms. The minimum atomic E-state index is -0.557. The van der Waals surface area contributed by atoms with E-state index >= 15 is 0 Å². The van der Waals surface area contributed by atoms with Gasteiger partial charge in [-0.2, -0.15) is 10.5 Å². The van der Waals surface area contributed by atoms with Crippen molar-refractivity contribution < 1.29 is 4.74 Å². The molecule has 6 aromatic rings. The van der Waals surface area contributed by atoms with Gasteiger partial charge in [-0.15, -0.1) is 0 Å². The fourth-order valence-electron chi connectivity index (χ4n) is 5.75. The van der Waals surface area contributed by atoms with Crippen molar-refractivity contribution >= 4 is 0 Å². The Morgan fingerprint density at radius 3 is 1.20 bits per heavy atom. The predicted octanol–water partition coefficient (Wildman–Crippen LogP) is 9.14. The molecule has 6 rings (SSSR count). The van der Waals surface area contributed by atoms with Gasteiger partial charge in [-0.3, -0.25) is 19.9 Å². The lowest BCUT2D eigenvalue weighted by atomic mass is 10.00. The Kier molecular flexibility index (Phi) is 10.6. The van der Waals surface area contributed by atoms with E-state index in [2.05, 4.69) is 74.5 Å². The van der Waals surface area contributed by atoms with E-state index in [-0.39, 0.29) is 0 Å². The molecule has 0 saturated carbocycles. The summed E-state index contributed by atoms with van der Waals surface area (Å²) in [6, 6.07) is 35.9. The van der Waals surface area contributed by atoms with Gasteiger partial charge in [0.05, 0.1) is 70.8 Å². The van der Waals surface area contributed by atoms with Gasteiger partial charge in [0.2, 0.25) is 0 Å². The maximum atomic E-state index is 9.20. The molecule has 0 radical (unpaired) electrons. The van der Waals surface area contributed by atoms with Gasteiger partial charge >= 0.3 is 0 Å². The van der Waals surface area contributed by atoms with Gasteiger partial charge in [-0.25, -0.2) is 0 Å². The standard InChI is InChI=1S/C42H36N6O/c1-3-5-29-7-19-35(20-8-29)41(39-27-45-37(25-47-39)33-15-11-31(23-43)12-16-33)49-42(36-21-9-30(6-4-2)10-22-36)40-28-46-38(26-48-40)34-17-13-32(24-44)14-18-34/h7-22,25-28,41-42H,3-6H2,1-2H3. The fourth-order valence-corrected chi connectivity index (χ4v) is 5.75. The Bertz CT molecular complexity index is 1890. The largest absolute Gasteiger partial charge is 0.353 e. The minimum Gasteiger partial charge on any atom is -0.353 e. The van der Waals surface area contributed by atoms with E-state index in [4.69, 9.17) is 24.7 Å². The molecule has 0 spiro atoms. The first-order valence-corrected chi connectivity index (χ1v) is 16.6. The van der Waals surface area contributed by atoms with Crippen LogP contribution >= 0.6 is 0 Å². The summed E-state index contributed by atoms with van der Waals surface area (Å²) in [4.78, 5) is 19.3. The highest BCUT2D eigenvalue weighted by Gasteiger charge is 2.26. The van der Waals surface area contributed by atoms with E-state index in [9.17, 15) is 10.5 Å². The second-order valence-corrected chi connectivity index (χ2v) is 11.9. The van der Waals surface area contributed by atoms with Crippen molar-refractivity contribution in [2.24, 2.45) is 0 Å². The first-order valence-electron chi connectivity index (χ1n) is 16.6. The summed E-state index contributed by atoms with van der Waals surface area (Å²) in [6.07, 6.45) is 10.0. The van der Waals surface area contributed by atoms with Crippen LogP contribution < -0.4 is 0 Å². The van der Waals surface area contributed by atoms with Crippen molar-refractivity contribution in [2.75, 3.05) is 0 Å². The van der Waals surface area contributed by atoms with Crippen LogP contribution in [0, 0.1) is 22.7 Å². The fraction of sp³-hybridized carbons (Fsp3) is 0.190. The van der Waals surface area contributed by atoms with Crippen molar-refractivity contribution in [1.29, 1.82) is 10.5 Å². The number of aromatic nitrogens is 4. The van der Waals surface area contributed by atoms with Gasteiger partial charge < -0.3 is 4.74 Å². The second-order valence-electron chi connectivity index (χ2n) is 11.9. The van der Waals surface area contributed by atoms with Crippen LogP contribution in [-0.4, -0.2) is 19.9 Å². The molecule has 0 N–H and O–H groups in total. The Morgan fingerprint density at radius 2 is 0.898 bits per heavy atom. The number of aryl methyl sites for hydroxylation is 2. The van der Waals surface area contributed by atoms with Crippen LogP contribution in [0.4, 0.5) is 0 Å². The highest BCUT2D eigenvalue weighted by atomic mass is 16.5. The molecule has 4 aromatic carbocycles. The number of ether oxygens (including phenoxy) is 1. The molecule has 2 atom stereocenters. The zero-order chi connectivity index (χ0) is 34.0. The Hall–Kier alpha value is -6.02. The first-order chi connectivity index (χ1) is 24.1. The molecule has 2 heterocycles. The van der Waals surface area contributed by atoms with Crippen molar-refractivity contribution in [1.82, 2.24) is 19.9 Å². The van der Waals surface area contributed by atoms with Crippen LogP contribution in [0.2, 0.25) is 0 Å². The molecule has 0 aliphatic carbocycles. The van der Waals surface area contributed by atoms with E-state index < -0.39 is 12.2 Å². The lowest BCUT2D eigenvalue weighted by Crippen LogP contribution is -2.16. The van der Waals surface area contributed by atoms with E-state index in [1.54, 1.807) is 49.1 Å². The molecule has 0 amide bonds. The Morgan fingerprint density at radius 1 is 0.510 bits per heavy atom. The van der Waals surface area contributed by atoms with Crippen molar-refractivity contribution in [2.45, 2.75) is 51.7 Å². The average molecular weight is 641 g/mol. The van der Waals surface area contributed by atoms with Gasteiger partial charge in [0.15, 0.2) is 0 Å². The average Bonchev–Trinajstić information content (AvgIpc) is 3.17. The highest BCUT2D eigenvalue weighted by Crippen LogP contribution is 2.35. The monoisotopic (exact) mass is 640 g/mol. The van der Waals surface area contributed by atoms with Crippen LogP contribution in [0.1, 0.15) is 83.7 Å². The topological polar surface area (TPSA) is 108 Å². The van der Waals surface area contributed by atoms with E-state index in [1.807, 2.05) is 24.3 Å². The number of hydrogen-bond donors (Lipinski definition) is 0. The molecule has 0 aliphatic rings. The third-order valence-corrected chi connectivity index (χ3v) is 8.41. The third-order valence-electron chi connectivity index (χ3n) is 8.41. The van der Waals surface area contributed by atoms with Crippen LogP contribution in [-0.2, 0) is 17.6 Å². The van der Waals surface area contributed by atoms with Crippen LogP contribution in [0.5, 0.6) is 0 Å². The van der Waals surface area contributed by atoms with Gasteiger partial charge in [-0.05, 0) is 59.4 Å². The van der Waals surface area contributed by atoms with Gasteiger partial charge in [0.25, 0.3) is 0 Å². The van der Waals surface area contributed by atoms with Gasteiger partial charge in [0, 0.05) is 11.1 Å². The molecule has 0 bridgehead atoms. The van der Waals surface area contributed by atoms with Crippen LogP contribution in [0.15, 0.2) is 122 Å². The molecule has 0 saturated heterocycles. The number of nitrogens with zero attached hydrogens (tertiary/aromatic N) is 6. The molecule has 2 unspecified atom stereocenters. The molecule has 7 nitrogen and oxygen atoms in total. The molecule has 240 valence electrons. The smallest absolute Gasteiger partial charge is 0.127 e. The quantitative estimate of drug-likeness (QED) is 0.131. The maximum Gasteiger partial charge on any atom is 0.127 e. The summed E-state index contributed by atoms with van der Waals surface area (Å²) in [5, 5.41) is 18.4. The molecular weight excluding hydrogens is 605 g/mol. The summed E-state index contributed by atoms with van der Waals surface area (Å²) in [5.41, 5.74) is 10.1. The summed E-state index contributed by atoms with van der Waals surface area (Å²) >= 11 is 0. The summed E-state index contributed by atoms with van der Waals surface area (Å²) < 4.78 is 7.07. The molecule has 0 aliphatic heterocycles. The Balaban J connectivity index is 1.39. The normalized spacial score (nSPS) is 12.1.